The molecule has 82 valence electrons. The largest absolute Gasteiger partial charge is 0.456 e. The third kappa shape index (κ3) is 2.60. The lowest BCUT2D eigenvalue weighted by Gasteiger charge is -2.08. The minimum atomic E-state index is 0.530. The van der Waals surface area contributed by atoms with Gasteiger partial charge in [-0.25, -0.2) is 0 Å². The van der Waals surface area contributed by atoms with Gasteiger partial charge in [-0.3, -0.25) is 0 Å². The van der Waals surface area contributed by atoms with Gasteiger partial charge < -0.3 is 10.5 Å². The van der Waals surface area contributed by atoms with Crippen molar-refractivity contribution in [1.29, 1.82) is 0 Å². The molecule has 0 bridgehead atoms. The van der Waals surface area contributed by atoms with Gasteiger partial charge in [-0.05, 0) is 24.3 Å². The molecule has 2 nitrogen and oxygen atoms in total. The molecule has 0 saturated carbocycles. The van der Waals surface area contributed by atoms with Crippen molar-refractivity contribution in [3.8, 4) is 11.5 Å². The van der Waals surface area contributed by atoms with Gasteiger partial charge in [0.1, 0.15) is 11.5 Å². The second-order valence-electron chi connectivity index (χ2n) is 3.25. The molecule has 2 aromatic rings. The number of ether oxygens (including phenoxy) is 1. The Kier molecular flexibility index (Phi) is 3.22. The van der Waals surface area contributed by atoms with E-state index in [1.807, 2.05) is 12.1 Å². The van der Waals surface area contributed by atoms with Crippen LogP contribution in [-0.4, -0.2) is 0 Å². The molecule has 0 aliphatic rings. The lowest BCUT2D eigenvalue weighted by Crippen LogP contribution is -1.88. The van der Waals surface area contributed by atoms with Crippen molar-refractivity contribution < 1.29 is 4.74 Å². The Morgan fingerprint density at radius 3 is 2.44 bits per heavy atom. The minimum Gasteiger partial charge on any atom is -0.456 e. The van der Waals surface area contributed by atoms with Crippen LogP contribution in [0.15, 0.2) is 42.5 Å². The maximum Gasteiger partial charge on any atom is 0.146 e. The van der Waals surface area contributed by atoms with Crippen LogP contribution in [0.3, 0.4) is 0 Å². The smallest absolute Gasteiger partial charge is 0.146 e. The van der Waals surface area contributed by atoms with Gasteiger partial charge in [-0.2, -0.15) is 0 Å². The van der Waals surface area contributed by atoms with Crippen LogP contribution in [-0.2, 0) is 0 Å². The maximum absolute atomic E-state index is 5.96. The van der Waals surface area contributed by atoms with Crippen molar-refractivity contribution in [3.63, 3.8) is 0 Å². The van der Waals surface area contributed by atoms with Gasteiger partial charge in [0.15, 0.2) is 0 Å². The fourth-order valence-electron chi connectivity index (χ4n) is 1.30. The second kappa shape index (κ2) is 4.64. The molecular weight excluding hydrogens is 245 g/mol. The summed E-state index contributed by atoms with van der Waals surface area (Å²) in [6, 6.07) is 12.2. The van der Waals surface area contributed by atoms with Crippen molar-refractivity contribution in [1.82, 2.24) is 0 Å². The highest BCUT2D eigenvalue weighted by atomic mass is 35.5. The molecule has 0 aliphatic heterocycles. The van der Waals surface area contributed by atoms with Gasteiger partial charge >= 0.3 is 0 Å². The van der Waals surface area contributed by atoms with Gasteiger partial charge in [-0.15, -0.1) is 0 Å². The number of anilines is 1. The summed E-state index contributed by atoms with van der Waals surface area (Å²) >= 11 is 11.8. The standard InChI is InChI=1S/C12H9Cl2NO/c13-8-5-9(15)7-10(6-8)16-12-4-2-1-3-11(12)14/h1-7H,15H2. The summed E-state index contributed by atoms with van der Waals surface area (Å²) in [6.45, 7) is 0. The van der Waals surface area contributed by atoms with Crippen molar-refractivity contribution in [2.24, 2.45) is 0 Å². The molecule has 2 rings (SSSR count). The molecule has 0 radical (unpaired) electrons. The van der Waals surface area contributed by atoms with Gasteiger partial charge in [-0.1, -0.05) is 35.3 Å². The van der Waals surface area contributed by atoms with Crippen LogP contribution in [0.4, 0.5) is 5.69 Å². The molecule has 2 N–H and O–H groups in total. The third-order valence-corrected chi connectivity index (χ3v) is 2.49. The Labute approximate surface area is 104 Å². The Balaban J connectivity index is 2.30. The van der Waals surface area contributed by atoms with E-state index >= 15 is 0 Å². The van der Waals surface area contributed by atoms with E-state index in [1.54, 1.807) is 30.3 Å². The van der Waals surface area contributed by atoms with E-state index in [0.717, 1.165) is 0 Å². The molecule has 0 saturated heterocycles. The zero-order valence-corrected chi connectivity index (χ0v) is 9.79. The summed E-state index contributed by atoms with van der Waals surface area (Å²) in [4.78, 5) is 0. The molecule has 0 aliphatic carbocycles. The average Bonchev–Trinajstić information content (AvgIpc) is 2.20. The zero-order chi connectivity index (χ0) is 11.5. The van der Waals surface area contributed by atoms with Crippen LogP contribution >= 0.6 is 23.2 Å². The van der Waals surface area contributed by atoms with Gasteiger partial charge in [0.25, 0.3) is 0 Å². The zero-order valence-electron chi connectivity index (χ0n) is 8.28. The first-order chi connectivity index (χ1) is 7.65. The number of nitrogens with two attached hydrogens (primary N) is 1. The highest BCUT2D eigenvalue weighted by Crippen LogP contribution is 2.31. The third-order valence-electron chi connectivity index (χ3n) is 1.96. The summed E-state index contributed by atoms with van der Waals surface area (Å²) < 4.78 is 5.57. The first-order valence-corrected chi connectivity index (χ1v) is 5.39. The SMILES string of the molecule is Nc1cc(Cl)cc(Oc2ccccc2Cl)c1. The summed E-state index contributed by atoms with van der Waals surface area (Å²) in [7, 11) is 0. The van der Waals surface area contributed by atoms with Gasteiger partial charge in [0.05, 0.1) is 5.02 Å². The highest BCUT2D eigenvalue weighted by Gasteiger charge is 2.03. The van der Waals surface area contributed by atoms with E-state index in [-0.39, 0.29) is 0 Å². The number of nitrogen functional groups attached to an aromatic ring is 1. The number of para-hydroxylation sites is 1. The van der Waals surface area contributed by atoms with Crippen LogP contribution in [0, 0.1) is 0 Å². The van der Waals surface area contributed by atoms with E-state index in [2.05, 4.69) is 0 Å². The minimum absolute atomic E-state index is 0.530. The van der Waals surface area contributed by atoms with Crippen LogP contribution in [0.1, 0.15) is 0 Å². The Morgan fingerprint density at radius 1 is 1.00 bits per heavy atom. The lowest BCUT2D eigenvalue weighted by molar-refractivity contribution is 0.483. The summed E-state index contributed by atoms with van der Waals surface area (Å²) in [5, 5.41) is 1.07. The molecule has 4 heteroatoms. The second-order valence-corrected chi connectivity index (χ2v) is 4.10. The van der Waals surface area contributed by atoms with E-state index < -0.39 is 0 Å². The predicted octanol–water partition coefficient (Wildman–Crippen LogP) is 4.37. The van der Waals surface area contributed by atoms with Gasteiger partial charge in [0, 0.05) is 16.8 Å². The monoisotopic (exact) mass is 253 g/mol. The maximum atomic E-state index is 5.96. The Hall–Kier alpha value is -1.38. The van der Waals surface area contributed by atoms with Crippen molar-refractivity contribution in [2.75, 3.05) is 5.73 Å². The molecule has 0 amide bonds. The topological polar surface area (TPSA) is 35.2 Å². The molecule has 0 fully saturated rings. The number of halogens is 2. The molecule has 0 aromatic heterocycles. The molecule has 0 heterocycles. The fraction of sp³-hybridized carbons (Fsp3) is 0. The van der Waals surface area contributed by atoms with Crippen LogP contribution in [0.25, 0.3) is 0 Å². The van der Waals surface area contributed by atoms with Crippen molar-refractivity contribution in [2.45, 2.75) is 0 Å². The van der Waals surface area contributed by atoms with Gasteiger partial charge in [0.2, 0.25) is 0 Å². The molecule has 16 heavy (non-hydrogen) atoms. The number of hydrogen-bond donors (Lipinski definition) is 1. The Morgan fingerprint density at radius 2 is 1.75 bits per heavy atom. The van der Waals surface area contributed by atoms with Crippen LogP contribution < -0.4 is 10.5 Å². The normalized spacial score (nSPS) is 10.1. The molecule has 0 spiro atoms. The molecule has 0 atom stereocenters. The van der Waals surface area contributed by atoms with E-state index in [1.165, 1.54) is 0 Å². The average molecular weight is 254 g/mol. The van der Waals surface area contributed by atoms with Crippen molar-refractivity contribution >= 4 is 28.9 Å². The van der Waals surface area contributed by atoms with E-state index in [0.29, 0.717) is 27.2 Å². The fourth-order valence-corrected chi connectivity index (χ4v) is 1.71. The highest BCUT2D eigenvalue weighted by molar-refractivity contribution is 6.32. The number of rotatable bonds is 2. The van der Waals surface area contributed by atoms with Crippen LogP contribution in [0.5, 0.6) is 11.5 Å². The first kappa shape index (κ1) is 11.1. The first-order valence-electron chi connectivity index (χ1n) is 4.63. The molecular formula is C12H9Cl2NO. The Bertz CT molecular complexity index is 494. The van der Waals surface area contributed by atoms with E-state index in [9.17, 15) is 0 Å². The summed E-state index contributed by atoms with van der Waals surface area (Å²) in [5.74, 6) is 1.14. The summed E-state index contributed by atoms with van der Waals surface area (Å²) in [5.41, 5.74) is 6.20. The quantitative estimate of drug-likeness (QED) is 0.807. The predicted molar refractivity (Wildman–Crippen MR) is 67.4 cm³/mol. The number of benzene rings is 2. The number of hydrogen-bond acceptors (Lipinski definition) is 2. The lowest BCUT2D eigenvalue weighted by atomic mass is 10.3. The van der Waals surface area contributed by atoms with E-state index in [4.69, 9.17) is 33.7 Å². The van der Waals surface area contributed by atoms with Crippen molar-refractivity contribution in [3.05, 3.63) is 52.5 Å². The molecule has 0 unspecified atom stereocenters. The molecule has 2 aromatic carbocycles. The van der Waals surface area contributed by atoms with Crippen LogP contribution in [0.2, 0.25) is 10.0 Å². The summed E-state index contributed by atoms with van der Waals surface area (Å²) in [6.07, 6.45) is 0.